The Hall–Kier alpha value is -0.850. The van der Waals surface area contributed by atoms with E-state index in [1.165, 1.54) is 0 Å². The first kappa shape index (κ1) is 21.1. The Kier molecular flexibility index (Phi) is 13.3. The molecule has 132 valence electrons. The molecule has 0 radical (unpaired) electrons. The van der Waals surface area contributed by atoms with Gasteiger partial charge >= 0.3 is 6.09 Å². The zero-order valence-electron chi connectivity index (χ0n) is 14.6. The molecule has 0 saturated heterocycles. The number of alkyl carbamates (subject to hydrolysis) is 1. The molecule has 0 aliphatic heterocycles. The lowest BCUT2D eigenvalue weighted by Crippen LogP contribution is -2.33. The van der Waals surface area contributed by atoms with E-state index in [1.807, 2.05) is 20.8 Å². The Labute approximate surface area is 134 Å². The number of hydrogen-bond donors (Lipinski definition) is 1. The summed E-state index contributed by atoms with van der Waals surface area (Å²) in [5.41, 5.74) is -0.460. The molecule has 0 aromatic heterocycles. The van der Waals surface area contributed by atoms with Crippen LogP contribution in [0.1, 0.15) is 47.0 Å². The van der Waals surface area contributed by atoms with Crippen LogP contribution in [0.3, 0.4) is 0 Å². The van der Waals surface area contributed by atoms with Gasteiger partial charge in [0.2, 0.25) is 0 Å². The van der Waals surface area contributed by atoms with Gasteiger partial charge in [-0.15, -0.1) is 0 Å². The first-order chi connectivity index (χ1) is 10.5. The first-order valence-corrected chi connectivity index (χ1v) is 8.16. The standard InChI is InChI=1S/C16H33NO5/c1-5-6-9-19-11-13-21-14-12-20-10-7-8-17-15(18)22-16(2,3)4/h5-14H2,1-4H3,(H,17,18). The van der Waals surface area contributed by atoms with Gasteiger partial charge in [-0.25, -0.2) is 4.79 Å². The number of amides is 1. The quantitative estimate of drug-likeness (QED) is 0.529. The van der Waals surface area contributed by atoms with E-state index in [2.05, 4.69) is 12.2 Å². The lowest BCUT2D eigenvalue weighted by Gasteiger charge is -2.19. The van der Waals surface area contributed by atoms with E-state index in [0.717, 1.165) is 25.9 Å². The van der Waals surface area contributed by atoms with Crippen LogP contribution in [0.4, 0.5) is 4.79 Å². The molecule has 0 rings (SSSR count). The van der Waals surface area contributed by atoms with Gasteiger partial charge < -0.3 is 24.3 Å². The normalized spacial score (nSPS) is 11.5. The zero-order valence-corrected chi connectivity index (χ0v) is 14.6. The van der Waals surface area contributed by atoms with Crippen molar-refractivity contribution in [1.82, 2.24) is 5.32 Å². The number of rotatable bonds is 13. The highest BCUT2D eigenvalue weighted by molar-refractivity contribution is 5.67. The molecule has 0 aliphatic rings. The molecule has 6 nitrogen and oxygen atoms in total. The second-order valence-electron chi connectivity index (χ2n) is 5.97. The minimum absolute atomic E-state index is 0.390. The van der Waals surface area contributed by atoms with E-state index in [0.29, 0.717) is 39.6 Å². The molecule has 0 unspecified atom stereocenters. The predicted octanol–water partition coefficient (Wildman–Crippen LogP) is 2.75. The summed E-state index contributed by atoms with van der Waals surface area (Å²) in [5, 5.41) is 2.69. The van der Waals surface area contributed by atoms with Crippen molar-refractivity contribution in [3.63, 3.8) is 0 Å². The Morgan fingerprint density at radius 2 is 1.36 bits per heavy atom. The molecule has 0 heterocycles. The number of nitrogens with one attached hydrogen (secondary N) is 1. The van der Waals surface area contributed by atoms with E-state index < -0.39 is 5.60 Å². The Balaban J connectivity index is 3.16. The smallest absolute Gasteiger partial charge is 0.407 e. The monoisotopic (exact) mass is 319 g/mol. The summed E-state index contributed by atoms with van der Waals surface area (Å²) >= 11 is 0. The molecule has 0 aliphatic carbocycles. The Bertz CT molecular complexity index is 266. The molecular weight excluding hydrogens is 286 g/mol. The summed E-state index contributed by atoms with van der Waals surface area (Å²) in [5.74, 6) is 0. The number of unbranched alkanes of at least 4 members (excludes halogenated alkanes) is 1. The van der Waals surface area contributed by atoms with Gasteiger partial charge in [0.25, 0.3) is 0 Å². The van der Waals surface area contributed by atoms with E-state index >= 15 is 0 Å². The van der Waals surface area contributed by atoms with Crippen molar-refractivity contribution in [3.8, 4) is 0 Å². The van der Waals surface area contributed by atoms with Crippen LogP contribution >= 0.6 is 0 Å². The van der Waals surface area contributed by atoms with E-state index in [9.17, 15) is 4.79 Å². The van der Waals surface area contributed by atoms with Crippen molar-refractivity contribution in [2.24, 2.45) is 0 Å². The fourth-order valence-electron chi connectivity index (χ4n) is 1.47. The van der Waals surface area contributed by atoms with E-state index in [4.69, 9.17) is 18.9 Å². The lowest BCUT2D eigenvalue weighted by atomic mass is 10.2. The maximum absolute atomic E-state index is 11.4. The predicted molar refractivity (Wildman–Crippen MR) is 86.2 cm³/mol. The summed E-state index contributed by atoms with van der Waals surface area (Å²) in [7, 11) is 0. The average molecular weight is 319 g/mol. The van der Waals surface area contributed by atoms with Gasteiger partial charge in [-0.05, 0) is 33.6 Å². The van der Waals surface area contributed by atoms with Crippen LogP contribution in [-0.4, -0.2) is 57.9 Å². The van der Waals surface area contributed by atoms with Crippen molar-refractivity contribution in [2.45, 2.75) is 52.6 Å². The molecule has 1 N–H and O–H groups in total. The highest BCUT2D eigenvalue weighted by atomic mass is 16.6. The van der Waals surface area contributed by atoms with Crippen molar-refractivity contribution in [1.29, 1.82) is 0 Å². The fourth-order valence-corrected chi connectivity index (χ4v) is 1.47. The van der Waals surface area contributed by atoms with Crippen molar-refractivity contribution in [2.75, 3.05) is 46.2 Å². The van der Waals surface area contributed by atoms with Crippen LogP contribution in [0, 0.1) is 0 Å². The second-order valence-corrected chi connectivity index (χ2v) is 5.97. The number of carbonyl (C=O) groups is 1. The minimum Gasteiger partial charge on any atom is -0.444 e. The van der Waals surface area contributed by atoms with E-state index in [-0.39, 0.29) is 6.09 Å². The lowest BCUT2D eigenvalue weighted by molar-refractivity contribution is 0.0135. The van der Waals surface area contributed by atoms with Crippen LogP contribution in [-0.2, 0) is 18.9 Å². The molecule has 0 aromatic rings. The first-order valence-electron chi connectivity index (χ1n) is 8.16. The molecule has 0 saturated carbocycles. The van der Waals surface area contributed by atoms with Crippen LogP contribution in [0.15, 0.2) is 0 Å². The highest BCUT2D eigenvalue weighted by Gasteiger charge is 2.15. The SMILES string of the molecule is CCCCOCCOCCOCCCNC(=O)OC(C)(C)C. The molecule has 1 amide bonds. The third kappa shape index (κ3) is 17.2. The average Bonchev–Trinajstić information content (AvgIpc) is 2.42. The molecule has 0 atom stereocenters. The van der Waals surface area contributed by atoms with Crippen molar-refractivity contribution in [3.05, 3.63) is 0 Å². The number of ether oxygens (including phenoxy) is 4. The molecule has 0 aromatic carbocycles. The summed E-state index contributed by atoms with van der Waals surface area (Å²) in [6.45, 7) is 12.0. The molecular formula is C16H33NO5. The summed E-state index contributed by atoms with van der Waals surface area (Å²) in [6, 6.07) is 0. The molecule has 0 fully saturated rings. The molecule has 0 bridgehead atoms. The van der Waals surface area contributed by atoms with Gasteiger partial charge in [-0.1, -0.05) is 13.3 Å². The Morgan fingerprint density at radius 1 is 0.864 bits per heavy atom. The Morgan fingerprint density at radius 3 is 1.86 bits per heavy atom. The maximum Gasteiger partial charge on any atom is 0.407 e. The molecule has 0 spiro atoms. The summed E-state index contributed by atoms with van der Waals surface area (Å²) in [4.78, 5) is 11.4. The van der Waals surface area contributed by atoms with Gasteiger partial charge in [-0.3, -0.25) is 0 Å². The fraction of sp³-hybridized carbons (Fsp3) is 0.938. The molecule has 22 heavy (non-hydrogen) atoms. The number of hydrogen-bond acceptors (Lipinski definition) is 5. The molecule has 6 heteroatoms. The van der Waals surface area contributed by atoms with Gasteiger partial charge in [0.05, 0.1) is 26.4 Å². The van der Waals surface area contributed by atoms with Crippen LogP contribution < -0.4 is 5.32 Å². The highest BCUT2D eigenvalue weighted by Crippen LogP contribution is 2.06. The third-order valence-electron chi connectivity index (χ3n) is 2.52. The van der Waals surface area contributed by atoms with Crippen molar-refractivity contribution >= 4 is 6.09 Å². The summed E-state index contributed by atoms with van der Waals surface area (Å²) < 4.78 is 21.3. The summed E-state index contributed by atoms with van der Waals surface area (Å²) in [6.07, 6.45) is 2.61. The van der Waals surface area contributed by atoms with Crippen LogP contribution in [0.25, 0.3) is 0 Å². The topological polar surface area (TPSA) is 66.0 Å². The largest absolute Gasteiger partial charge is 0.444 e. The third-order valence-corrected chi connectivity index (χ3v) is 2.52. The van der Waals surface area contributed by atoms with Gasteiger partial charge in [0.1, 0.15) is 5.60 Å². The van der Waals surface area contributed by atoms with Crippen LogP contribution in [0.2, 0.25) is 0 Å². The second kappa shape index (κ2) is 13.8. The maximum atomic E-state index is 11.4. The van der Waals surface area contributed by atoms with Crippen molar-refractivity contribution < 1.29 is 23.7 Å². The van der Waals surface area contributed by atoms with E-state index in [1.54, 1.807) is 0 Å². The van der Waals surface area contributed by atoms with Gasteiger partial charge in [0.15, 0.2) is 0 Å². The zero-order chi connectivity index (χ0) is 16.7. The van der Waals surface area contributed by atoms with Gasteiger partial charge in [-0.2, -0.15) is 0 Å². The van der Waals surface area contributed by atoms with Gasteiger partial charge in [0, 0.05) is 19.8 Å². The minimum atomic E-state index is -0.460. The number of carbonyl (C=O) groups excluding carboxylic acids is 1. The van der Waals surface area contributed by atoms with Crippen LogP contribution in [0.5, 0.6) is 0 Å².